The normalized spacial score (nSPS) is 17.9. The molecule has 4 heteroatoms. The first-order chi connectivity index (χ1) is 6.79. The summed E-state index contributed by atoms with van der Waals surface area (Å²) in [6.45, 7) is 0. The van der Waals surface area contributed by atoms with Crippen LogP contribution in [0.3, 0.4) is 0 Å². The van der Waals surface area contributed by atoms with Gasteiger partial charge < -0.3 is 4.74 Å². The molecule has 1 saturated carbocycles. The summed E-state index contributed by atoms with van der Waals surface area (Å²) >= 11 is 6.19. The average molecular weight is 213 g/mol. The summed E-state index contributed by atoms with van der Waals surface area (Å²) in [4.78, 5) is 8.39. The van der Waals surface area contributed by atoms with Crippen molar-refractivity contribution in [3.8, 4) is 5.88 Å². The average Bonchev–Trinajstić information content (AvgIpc) is 3.01. The minimum atomic E-state index is 0.183. The fourth-order valence-corrected chi connectivity index (χ4v) is 1.78. The molecule has 0 saturated heterocycles. The van der Waals surface area contributed by atoms with Crippen LogP contribution in [0.1, 0.15) is 18.7 Å². The quantitative estimate of drug-likeness (QED) is 0.717. The molecule has 1 unspecified atom stereocenters. The van der Waals surface area contributed by atoms with E-state index >= 15 is 0 Å². The van der Waals surface area contributed by atoms with Gasteiger partial charge in [-0.3, -0.25) is 0 Å². The molecular formula is C10H13ClN2O. The van der Waals surface area contributed by atoms with Crippen molar-refractivity contribution in [3.63, 3.8) is 0 Å². The summed E-state index contributed by atoms with van der Waals surface area (Å²) in [6, 6.07) is 1.74. The number of hydrogen-bond donors (Lipinski definition) is 0. The molecule has 0 bridgehead atoms. The zero-order chi connectivity index (χ0) is 9.97. The first kappa shape index (κ1) is 9.71. The molecule has 1 atom stereocenters. The van der Waals surface area contributed by atoms with Crippen LogP contribution in [0.2, 0.25) is 0 Å². The van der Waals surface area contributed by atoms with Gasteiger partial charge in [-0.15, -0.1) is 11.6 Å². The van der Waals surface area contributed by atoms with Gasteiger partial charge in [0, 0.05) is 24.1 Å². The maximum Gasteiger partial charge on any atom is 0.216 e. The minimum absolute atomic E-state index is 0.183. The summed E-state index contributed by atoms with van der Waals surface area (Å²) < 4.78 is 5.02. The molecule has 76 valence electrons. The predicted molar refractivity (Wildman–Crippen MR) is 54.7 cm³/mol. The highest BCUT2D eigenvalue weighted by atomic mass is 35.5. The Balaban J connectivity index is 2.00. The van der Waals surface area contributed by atoms with Gasteiger partial charge in [0.05, 0.1) is 7.11 Å². The van der Waals surface area contributed by atoms with Gasteiger partial charge >= 0.3 is 0 Å². The lowest BCUT2D eigenvalue weighted by molar-refractivity contribution is 0.394. The summed E-state index contributed by atoms with van der Waals surface area (Å²) in [5.41, 5.74) is 0. The van der Waals surface area contributed by atoms with Gasteiger partial charge in [0.25, 0.3) is 0 Å². The van der Waals surface area contributed by atoms with E-state index in [0.717, 1.165) is 12.2 Å². The topological polar surface area (TPSA) is 35.0 Å². The summed E-state index contributed by atoms with van der Waals surface area (Å²) in [5.74, 6) is 2.05. The molecule has 1 aromatic heterocycles. The maximum absolute atomic E-state index is 6.19. The molecule has 1 aliphatic rings. The molecule has 1 fully saturated rings. The van der Waals surface area contributed by atoms with Gasteiger partial charge in [-0.05, 0) is 18.8 Å². The van der Waals surface area contributed by atoms with Crippen LogP contribution in [-0.2, 0) is 6.42 Å². The summed E-state index contributed by atoms with van der Waals surface area (Å²) in [5, 5.41) is 0.183. The Hall–Kier alpha value is -0.830. The van der Waals surface area contributed by atoms with E-state index in [-0.39, 0.29) is 5.38 Å². The second-order valence-electron chi connectivity index (χ2n) is 3.57. The molecule has 0 spiro atoms. The fourth-order valence-electron chi connectivity index (χ4n) is 1.39. The van der Waals surface area contributed by atoms with E-state index in [0.29, 0.717) is 11.8 Å². The van der Waals surface area contributed by atoms with Crippen LogP contribution < -0.4 is 4.74 Å². The van der Waals surface area contributed by atoms with Crippen LogP contribution in [0.25, 0.3) is 0 Å². The molecule has 0 amide bonds. The Morgan fingerprint density at radius 3 is 3.07 bits per heavy atom. The zero-order valence-corrected chi connectivity index (χ0v) is 8.87. The smallest absolute Gasteiger partial charge is 0.216 e. The Labute approximate surface area is 88.5 Å². The monoisotopic (exact) mass is 212 g/mol. The van der Waals surface area contributed by atoms with E-state index in [1.807, 2.05) is 0 Å². The second kappa shape index (κ2) is 4.13. The standard InChI is InChI=1S/C10H13ClN2O/c1-14-10-4-5-12-9(13-10)6-8(11)7-2-3-7/h4-5,7-8H,2-3,6H2,1H3. The molecule has 0 aromatic carbocycles. The van der Waals surface area contributed by atoms with E-state index in [4.69, 9.17) is 16.3 Å². The highest BCUT2D eigenvalue weighted by Crippen LogP contribution is 2.36. The Bertz CT molecular complexity index is 315. The molecule has 0 radical (unpaired) electrons. The van der Waals surface area contributed by atoms with Gasteiger partial charge in [-0.2, -0.15) is 4.98 Å². The van der Waals surface area contributed by atoms with Crippen molar-refractivity contribution in [1.29, 1.82) is 0 Å². The molecule has 1 aliphatic carbocycles. The maximum atomic E-state index is 6.19. The van der Waals surface area contributed by atoms with Crippen LogP contribution >= 0.6 is 11.6 Å². The van der Waals surface area contributed by atoms with Crippen molar-refractivity contribution in [2.45, 2.75) is 24.6 Å². The third-order valence-electron chi connectivity index (χ3n) is 2.40. The van der Waals surface area contributed by atoms with Crippen molar-refractivity contribution < 1.29 is 4.74 Å². The lowest BCUT2D eigenvalue weighted by Gasteiger charge is -2.06. The van der Waals surface area contributed by atoms with Gasteiger partial charge in [-0.1, -0.05) is 0 Å². The Morgan fingerprint density at radius 1 is 1.64 bits per heavy atom. The van der Waals surface area contributed by atoms with Crippen LogP contribution in [-0.4, -0.2) is 22.5 Å². The van der Waals surface area contributed by atoms with E-state index in [1.54, 1.807) is 19.4 Å². The zero-order valence-electron chi connectivity index (χ0n) is 8.11. The van der Waals surface area contributed by atoms with Crippen molar-refractivity contribution in [2.75, 3.05) is 7.11 Å². The van der Waals surface area contributed by atoms with Crippen LogP contribution in [0.15, 0.2) is 12.3 Å². The third-order valence-corrected chi connectivity index (χ3v) is 2.91. The van der Waals surface area contributed by atoms with Crippen LogP contribution in [0, 0.1) is 5.92 Å². The number of methoxy groups -OCH3 is 1. The van der Waals surface area contributed by atoms with Gasteiger partial charge in [0.2, 0.25) is 5.88 Å². The van der Waals surface area contributed by atoms with Crippen LogP contribution in [0.5, 0.6) is 5.88 Å². The highest BCUT2D eigenvalue weighted by Gasteiger charge is 2.30. The third kappa shape index (κ3) is 2.35. The number of hydrogen-bond acceptors (Lipinski definition) is 3. The van der Waals surface area contributed by atoms with Crippen molar-refractivity contribution in [1.82, 2.24) is 9.97 Å². The number of aromatic nitrogens is 2. The minimum Gasteiger partial charge on any atom is -0.481 e. The Morgan fingerprint density at radius 2 is 2.43 bits per heavy atom. The van der Waals surface area contributed by atoms with Gasteiger partial charge in [-0.25, -0.2) is 4.98 Å². The molecule has 0 N–H and O–H groups in total. The van der Waals surface area contributed by atoms with E-state index in [1.165, 1.54) is 12.8 Å². The first-order valence-electron chi connectivity index (χ1n) is 4.79. The molecule has 3 nitrogen and oxygen atoms in total. The molecule has 0 aliphatic heterocycles. The highest BCUT2D eigenvalue weighted by molar-refractivity contribution is 6.21. The number of ether oxygens (including phenoxy) is 1. The molecule has 2 rings (SSSR count). The van der Waals surface area contributed by atoms with E-state index < -0.39 is 0 Å². The van der Waals surface area contributed by atoms with Crippen molar-refractivity contribution in [2.24, 2.45) is 5.92 Å². The summed E-state index contributed by atoms with van der Waals surface area (Å²) in [6.07, 6.45) is 4.94. The second-order valence-corrected chi connectivity index (χ2v) is 4.13. The Kier molecular flexibility index (Phi) is 2.87. The number of rotatable bonds is 4. The van der Waals surface area contributed by atoms with E-state index in [2.05, 4.69) is 9.97 Å². The van der Waals surface area contributed by atoms with E-state index in [9.17, 15) is 0 Å². The van der Waals surface area contributed by atoms with Crippen molar-refractivity contribution in [3.05, 3.63) is 18.1 Å². The lowest BCUT2D eigenvalue weighted by Crippen LogP contribution is -2.09. The largest absolute Gasteiger partial charge is 0.481 e. The lowest BCUT2D eigenvalue weighted by atomic mass is 10.2. The fraction of sp³-hybridized carbons (Fsp3) is 0.600. The first-order valence-corrected chi connectivity index (χ1v) is 5.23. The molecular weight excluding hydrogens is 200 g/mol. The molecule has 1 aromatic rings. The predicted octanol–water partition coefficient (Wildman–Crippen LogP) is 2.05. The number of halogens is 1. The number of nitrogens with zero attached hydrogens (tertiary/aromatic N) is 2. The van der Waals surface area contributed by atoms with Gasteiger partial charge in [0.15, 0.2) is 0 Å². The molecule has 14 heavy (non-hydrogen) atoms. The van der Waals surface area contributed by atoms with Crippen LogP contribution in [0.4, 0.5) is 0 Å². The summed E-state index contributed by atoms with van der Waals surface area (Å²) in [7, 11) is 1.60. The molecule has 1 heterocycles. The van der Waals surface area contributed by atoms with Crippen molar-refractivity contribution >= 4 is 11.6 Å². The SMILES string of the molecule is COc1ccnc(CC(Cl)C2CC2)n1. The number of alkyl halides is 1. The van der Waals surface area contributed by atoms with Gasteiger partial charge in [0.1, 0.15) is 5.82 Å².